The van der Waals surface area contributed by atoms with Crippen LogP contribution in [0.5, 0.6) is 11.5 Å². The molecule has 2 N–H and O–H groups in total. The summed E-state index contributed by atoms with van der Waals surface area (Å²) >= 11 is 0. The number of aryl methyl sites for hydroxylation is 2. The molecule has 0 saturated carbocycles. The van der Waals surface area contributed by atoms with Crippen molar-refractivity contribution in [3.63, 3.8) is 0 Å². The fraction of sp³-hybridized carbons (Fsp3) is 0.143. The Kier molecular flexibility index (Phi) is 3.16. The number of hydrogen-bond donors (Lipinski definition) is 1. The molecule has 18 heavy (non-hydrogen) atoms. The van der Waals surface area contributed by atoms with Crippen LogP contribution in [0.1, 0.15) is 16.7 Å². The molecule has 0 unspecified atom stereocenters. The molecule has 0 fully saturated rings. The molecule has 2 rings (SSSR count). The monoisotopic (exact) mass is 239 g/mol. The van der Waals surface area contributed by atoms with Gasteiger partial charge in [-0.15, -0.1) is 0 Å². The standard InChI is InChI=1S/C14H13N3O/c1-9-5-11(7-15)6-10(2)14(9)18-13-3-4-17-8-12(13)16/h3-6,8H,16H2,1-2H3. The second-order valence-corrected chi connectivity index (χ2v) is 4.07. The van der Waals surface area contributed by atoms with Gasteiger partial charge in [-0.2, -0.15) is 5.26 Å². The fourth-order valence-electron chi connectivity index (χ4n) is 1.77. The Labute approximate surface area is 106 Å². The van der Waals surface area contributed by atoms with E-state index in [0.717, 1.165) is 16.9 Å². The average molecular weight is 239 g/mol. The highest BCUT2D eigenvalue weighted by Gasteiger charge is 2.09. The SMILES string of the molecule is Cc1cc(C#N)cc(C)c1Oc1ccncc1N. The van der Waals surface area contributed by atoms with Gasteiger partial charge in [-0.05, 0) is 37.1 Å². The summed E-state index contributed by atoms with van der Waals surface area (Å²) in [5.74, 6) is 1.30. The zero-order valence-electron chi connectivity index (χ0n) is 10.3. The van der Waals surface area contributed by atoms with Gasteiger partial charge in [-0.25, -0.2) is 0 Å². The van der Waals surface area contributed by atoms with E-state index in [1.54, 1.807) is 30.6 Å². The van der Waals surface area contributed by atoms with Crippen LogP contribution in [-0.2, 0) is 0 Å². The first-order valence-corrected chi connectivity index (χ1v) is 5.50. The van der Waals surface area contributed by atoms with Crippen LogP contribution in [0.25, 0.3) is 0 Å². The van der Waals surface area contributed by atoms with Crippen molar-refractivity contribution in [2.24, 2.45) is 0 Å². The molecule has 0 aliphatic carbocycles. The first-order valence-electron chi connectivity index (χ1n) is 5.50. The lowest BCUT2D eigenvalue weighted by molar-refractivity contribution is 0.476. The van der Waals surface area contributed by atoms with Gasteiger partial charge in [0, 0.05) is 12.3 Å². The summed E-state index contributed by atoms with van der Waals surface area (Å²) in [5.41, 5.74) is 8.71. The quantitative estimate of drug-likeness (QED) is 0.874. The molecule has 90 valence electrons. The Morgan fingerprint density at radius 3 is 2.50 bits per heavy atom. The molecule has 0 aliphatic rings. The summed E-state index contributed by atoms with van der Waals surface area (Å²) in [6, 6.07) is 7.42. The third-order valence-electron chi connectivity index (χ3n) is 2.61. The molecule has 4 heteroatoms. The molecular formula is C14H13N3O. The summed E-state index contributed by atoms with van der Waals surface area (Å²) in [4.78, 5) is 3.91. The van der Waals surface area contributed by atoms with Gasteiger partial charge in [-0.3, -0.25) is 4.98 Å². The van der Waals surface area contributed by atoms with Gasteiger partial charge < -0.3 is 10.5 Å². The van der Waals surface area contributed by atoms with Crippen molar-refractivity contribution in [2.75, 3.05) is 5.73 Å². The molecule has 0 spiro atoms. The number of aromatic nitrogens is 1. The zero-order chi connectivity index (χ0) is 13.1. The van der Waals surface area contributed by atoms with Gasteiger partial charge in [0.05, 0.1) is 23.5 Å². The van der Waals surface area contributed by atoms with Crippen LogP contribution in [0.15, 0.2) is 30.6 Å². The van der Waals surface area contributed by atoms with E-state index in [-0.39, 0.29) is 0 Å². The Morgan fingerprint density at radius 1 is 1.28 bits per heavy atom. The van der Waals surface area contributed by atoms with E-state index >= 15 is 0 Å². The van der Waals surface area contributed by atoms with E-state index in [2.05, 4.69) is 11.1 Å². The van der Waals surface area contributed by atoms with E-state index < -0.39 is 0 Å². The fourth-order valence-corrected chi connectivity index (χ4v) is 1.77. The van der Waals surface area contributed by atoms with Crippen molar-refractivity contribution >= 4 is 5.69 Å². The lowest BCUT2D eigenvalue weighted by Crippen LogP contribution is -1.96. The van der Waals surface area contributed by atoms with Crippen LogP contribution in [-0.4, -0.2) is 4.98 Å². The number of benzene rings is 1. The first-order chi connectivity index (χ1) is 8.61. The molecule has 0 aliphatic heterocycles. The Balaban J connectivity index is 2.42. The van der Waals surface area contributed by atoms with Crippen LogP contribution in [0.3, 0.4) is 0 Å². The summed E-state index contributed by atoms with van der Waals surface area (Å²) in [5, 5.41) is 8.89. The van der Waals surface area contributed by atoms with Crippen LogP contribution < -0.4 is 10.5 Å². The number of ether oxygens (including phenoxy) is 1. The maximum Gasteiger partial charge on any atom is 0.153 e. The predicted molar refractivity (Wildman–Crippen MR) is 69.4 cm³/mol. The van der Waals surface area contributed by atoms with Crippen molar-refractivity contribution < 1.29 is 4.74 Å². The van der Waals surface area contributed by atoms with Crippen LogP contribution in [0.4, 0.5) is 5.69 Å². The van der Waals surface area contributed by atoms with Gasteiger partial charge in [0.25, 0.3) is 0 Å². The molecule has 1 aromatic carbocycles. The number of nitriles is 1. The van der Waals surface area contributed by atoms with Gasteiger partial charge in [0.15, 0.2) is 5.75 Å². The Bertz CT molecular complexity index is 606. The van der Waals surface area contributed by atoms with E-state index in [1.165, 1.54) is 0 Å². The molecular weight excluding hydrogens is 226 g/mol. The molecule has 0 radical (unpaired) electrons. The molecule has 0 saturated heterocycles. The third kappa shape index (κ3) is 2.25. The van der Waals surface area contributed by atoms with Gasteiger partial charge >= 0.3 is 0 Å². The van der Waals surface area contributed by atoms with E-state index in [0.29, 0.717) is 17.0 Å². The molecule has 1 heterocycles. The Morgan fingerprint density at radius 2 is 1.94 bits per heavy atom. The number of anilines is 1. The molecule has 0 atom stereocenters. The predicted octanol–water partition coefficient (Wildman–Crippen LogP) is 2.94. The van der Waals surface area contributed by atoms with Crippen LogP contribution in [0.2, 0.25) is 0 Å². The highest BCUT2D eigenvalue weighted by Crippen LogP contribution is 2.32. The van der Waals surface area contributed by atoms with Crippen LogP contribution in [0, 0.1) is 25.2 Å². The second-order valence-electron chi connectivity index (χ2n) is 4.07. The molecule has 2 aromatic rings. The minimum atomic E-state index is 0.487. The topological polar surface area (TPSA) is 71.9 Å². The zero-order valence-corrected chi connectivity index (χ0v) is 10.3. The first kappa shape index (κ1) is 11.9. The number of pyridine rings is 1. The summed E-state index contributed by atoms with van der Waals surface area (Å²) < 4.78 is 5.80. The number of nitrogen functional groups attached to an aromatic ring is 1. The van der Waals surface area contributed by atoms with Crippen molar-refractivity contribution in [3.8, 4) is 17.6 Å². The highest BCUT2D eigenvalue weighted by atomic mass is 16.5. The molecule has 0 bridgehead atoms. The minimum Gasteiger partial charge on any atom is -0.455 e. The van der Waals surface area contributed by atoms with Crippen molar-refractivity contribution in [1.29, 1.82) is 5.26 Å². The highest BCUT2D eigenvalue weighted by molar-refractivity contribution is 5.54. The van der Waals surface area contributed by atoms with Crippen molar-refractivity contribution in [2.45, 2.75) is 13.8 Å². The lowest BCUT2D eigenvalue weighted by Gasteiger charge is -2.13. The average Bonchev–Trinajstić information content (AvgIpc) is 2.35. The number of nitrogens with two attached hydrogens (primary N) is 1. The molecule has 1 aromatic heterocycles. The van der Waals surface area contributed by atoms with Gasteiger partial charge in [0.2, 0.25) is 0 Å². The molecule has 4 nitrogen and oxygen atoms in total. The van der Waals surface area contributed by atoms with E-state index in [4.69, 9.17) is 15.7 Å². The molecule has 0 amide bonds. The number of rotatable bonds is 2. The minimum absolute atomic E-state index is 0.487. The smallest absolute Gasteiger partial charge is 0.153 e. The van der Waals surface area contributed by atoms with E-state index in [1.807, 2.05) is 13.8 Å². The normalized spacial score (nSPS) is 9.83. The maximum absolute atomic E-state index is 8.89. The van der Waals surface area contributed by atoms with Crippen molar-refractivity contribution in [1.82, 2.24) is 4.98 Å². The number of nitrogens with zero attached hydrogens (tertiary/aromatic N) is 2. The third-order valence-corrected chi connectivity index (χ3v) is 2.61. The summed E-state index contributed by atoms with van der Waals surface area (Å²) in [7, 11) is 0. The van der Waals surface area contributed by atoms with Crippen molar-refractivity contribution in [3.05, 3.63) is 47.3 Å². The maximum atomic E-state index is 8.89. The van der Waals surface area contributed by atoms with Gasteiger partial charge in [0.1, 0.15) is 5.75 Å². The lowest BCUT2D eigenvalue weighted by atomic mass is 10.1. The largest absolute Gasteiger partial charge is 0.455 e. The summed E-state index contributed by atoms with van der Waals surface area (Å²) in [6.45, 7) is 3.81. The van der Waals surface area contributed by atoms with Crippen LogP contribution >= 0.6 is 0 Å². The van der Waals surface area contributed by atoms with Gasteiger partial charge in [-0.1, -0.05) is 0 Å². The number of hydrogen-bond acceptors (Lipinski definition) is 4. The summed E-state index contributed by atoms with van der Waals surface area (Å²) in [6.07, 6.45) is 3.17. The second kappa shape index (κ2) is 4.76. The van der Waals surface area contributed by atoms with E-state index in [9.17, 15) is 0 Å². The Hall–Kier alpha value is -2.54.